The topological polar surface area (TPSA) is 85.1 Å². The molecule has 0 fully saturated rings. The Morgan fingerprint density at radius 3 is 2.16 bits per heavy atom. The van der Waals surface area contributed by atoms with Crippen LogP contribution >= 0.6 is 35.0 Å². The van der Waals surface area contributed by atoms with Crippen molar-refractivity contribution < 1.29 is 9.59 Å². The van der Waals surface area contributed by atoms with Crippen molar-refractivity contribution in [3.8, 4) is 5.69 Å². The van der Waals surface area contributed by atoms with Gasteiger partial charge in [0.25, 0.3) is 5.56 Å². The summed E-state index contributed by atoms with van der Waals surface area (Å²) in [5, 5.41) is 6.17. The molecule has 3 rings (SSSR count). The number of amides is 2. The number of carbonyl (C=O) groups is 2. The van der Waals surface area contributed by atoms with Crippen molar-refractivity contribution in [2.45, 2.75) is 6.92 Å². The van der Waals surface area contributed by atoms with Gasteiger partial charge in [0.2, 0.25) is 11.8 Å². The van der Waals surface area contributed by atoms with Gasteiger partial charge in [-0.1, -0.05) is 41.4 Å². The van der Waals surface area contributed by atoms with Gasteiger partial charge in [0.05, 0.1) is 22.9 Å². The molecule has 0 radical (unpaired) electrons. The van der Waals surface area contributed by atoms with E-state index in [0.717, 1.165) is 11.8 Å². The third kappa shape index (κ3) is 5.72. The standard InChI is InChI=1S/C21H20Cl2N4O3S/c1-13-20(21(30)27(26(13)2)17-6-4-3-5-7-17)25-19(29)12-31-11-18(28)24-16-9-14(22)8-15(23)10-16/h3-10H,11-12H2,1-2H3,(H,24,28)(H,25,29). The fraction of sp³-hybridized carbons (Fsp3) is 0.190. The number of hydrogen-bond donors (Lipinski definition) is 2. The van der Waals surface area contributed by atoms with Gasteiger partial charge in [-0.25, -0.2) is 4.68 Å². The normalized spacial score (nSPS) is 10.7. The average Bonchev–Trinajstić information content (AvgIpc) is 2.91. The molecule has 1 aromatic heterocycles. The molecule has 0 aliphatic rings. The SMILES string of the molecule is Cc1c(NC(=O)CSCC(=O)Nc2cc(Cl)cc(Cl)c2)c(=O)n(-c2ccccc2)n1C. The van der Waals surface area contributed by atoms with E-state index >= 15 is 0 Å². The highest BCUT2D eigenvalue weighted by molar-refractivity contribution is 8.00. The van der Waals surface area contributed by atoms with Gasteiger partial charge in [-0.05, 0) is 37.3 Å². The van der Waals surface area contributed by atoms with E-state index in [4.69, 9.17) is 23.2 Å². The van der Waals surface area contributed by atoms with E-state index in [9.17, 15) is 14.4 Å². The Morgan fingerprint density at radius 1 is 0.968 bits per heavy atom. The van der Waals surface area contributed by atoms with Crippen molar-refractivity contribution in [1.29, 1.82) is 0 Å². The summed E-state index contributed by atoms with van der Waals surface area (Å²) in [5.74, 6) is -0.587. The number of benzene rings is 2. The third-order valence-electron chi connectivity index (χ3n) is 4.43. The first-order valence-electron chi connectivity index (χ1n) is 9.24. The third-order valence-corrected chi connectivity index (χ3v) is 5.80. The molecule has 0 aliphatic heterocycles. The van der Waals surface area contributed by atoms with Crippen LogP contribution in [0, 0.1) is 6.92 Å². The highest BCUT2D eigenvalue weighted by Crippen LogP contribution is 2.22. The van der Waals surface area contributed by atoms with Crippen molar-refractivity contribution in [3.05, 3.63) is 74.6 Å². The van der Waals surface area contributed by atoms with Crippen LogP contribution in [0.4, 0.5) is 11.4 Å². The second-order valence-corrected chi connectivity index (χ2v) is 8.54. The average molecular weight is 479 g/mol. The molecule has 2 amide bonds. The van der Waals surface area contributed by atoms with Crippen molar-refractivity contribution in [2.75, 3.05) is 22.1 Å². The monoisotopic (exact) mass is 478 g/mol. The molecule has 7 nitrogen and oxygen atoms in total. The highest BCUT2D eigenvalue weighted by atomic mass is 35.5. The first kappa shape index (κ1) is 23.0. The first-order chi connectivity index (χ1) is 14.8. The lowest BCUT2D eigenvalue weighted by Gasteiger charge is -2.07. The van der Waals surface area contributed by atoms with Crippen LogP contribution in [-0.2, 0) is 16.6 Å². The minimum Gasteiger partial charge on any atom is -0.325 e. The number of para-hydroxylation sites is 1. The highest BCUT2D eigenvalue weighted by Gasteiger charge is 2.18. The molecule has 10 heteroatoms. The van der Waals surface area contributed by atoms with Crippen LogP contribution in [-0.4, -0.2) is 32.7 Å². The maximum atomic E-state index is 12.8. The maximum Gasteiger partial charge on any atom is 0.295 e. The zero-order valence-corrected chi connectivity index (χ0v) is 19.1. The second-order valence-electron chi connectivity index (χ2n) is 6.68. The van der Waals surface area contributed by atoms with Crippen molar-refractivity contribution in [3.63, 3.8) is 0 Å². The van der Waals surface area contributed by atoms with Crippen LogP contribution in [0.2, 0.25) is 10.0 Å². The zero-order valence-electron chi connectivity index (χ0n) is 16.8. The number of nitrogens with zero attached hydrogens (tertiary/aromatic N) is 2. The molecule has 2 N–H and O–H groups in total. The number of halogens is 2. The van der Waals surface area contributed by atoms with E-state index in [0.29, 0.717) is 27.1 Å². The number of rotatable bonds is 7. The molecule has 0 unspecified atom stereocenters. The molecule has 2 aromatic carbocycles. The smallest absolute Gasteiger partial charge is 0.295 e. The van der Waals surface area contributed by atoms with E-state index in [2.05, 4.69) is 10.6 Å². The van der Waals surface area contributed by atoms with Crippen molar-refractivity contribution >= 4 is 58.2 Å². The summed E-state index contributed by atoms with van der Waals surface area (Å²) >= 11 is 13.0. The lowest BCUT2D eigenvalue weighted by molar-refractivity contribution is -0.114. The summed E-state index contributed by atoms with van der Waals surface area (Å²) in [6.07, 6.45) is 0. The van der Waals surface area contributed by atoms with Gasteiger partial charge in [0.1, 0.15) is 5.69 Å². The van der Waals surface area contributed by atoms with E-state index < -0.39 is 0 Å². The Hall–Kier alpha value is -2.68. The molecule has 3 aromatic rings. The van der Waals surface area contributed by atoms with E-state index in [-0.39, 0.29) is 34.6 Å². The van der Waals surface area contributed by atoms with Crippen LogP contribution in [0.25, 0.3) is 5.69 Å². The van der Waals surface area contributed by atoms with Crippen LogP contribution in [0.15, 0.2) is 53.3 Å². The Balaban J connectivity index is 1.58. The Bertz CT molecular complexity index is 1160. The molecule has 162 valence electrons. The fourth-order valence-corrected chi connectivity index (χ4v) is 4.09. The van der Waals surface area contributed by atoms with Gasteiger partial charge in [-0.2, -0.15) is 0 Å². The summed E-state index contributed by atoms with van der Waals surface area (Å²) in [4.78, 5) is 37.3. The summed E-state index contributed by atoms with van der Waals surface area (Å²) < 4.78 is 3.17. The van der Waals surface area contributed by atoms with Crippen LogP contribution in [0.5, 0.6) is 0 Å². The molecule has 0 saturated heterocycles. The first-order valence-corrected chi connectivity index (χ1v) is 11.1. The van der Waals surface area contributed by atoms with Gasteiger partial charge in [0, 0.05) is 22.8 Å². The maximum absolute atomic E-state index is 12.8. The molecular formula is C21H20Cl2N4O3S. The number of thioether (sulfide) groups is 1. The minimum absolute atomic E-state index is 0.0167. The van der Waals surface area contributed by atoms with Gasteiger partial charge < -0.3 is 10.6 Å². The minimum atomic E-state index is -0.366. The Kier molecular flexibility index (Phi) is 7.48. The molecule has 0 atom stereocenters. The number of anilines is 2. The number of carbonyl (C=O) groups excluding carboxylic acids is 2. The van der Waals surface area contributed by atoms with E-state index in [1.807, 2.05) is 30.3 Å². The van der Waals surface area contributed by atoms with Gasteiger partial charge >= 0.3 is 0 Å². The zero-order chi connectivity index (χ0) is 22.5. The van der Waals surface area contributed by atoms with Crippen LogP contribution in [0.1, 0.15) is 5.69 Å². The van der Waals surface area contributed by atoms with Gasteiger partial charge in [-0.3, -0.25) is 19.1 Å². The lowest BCUT2D eigenvalue weighted by Crippen LogP contribution is -2.24. The molecular weight excluding hydrogens is 459 g/mol. The number of nitrogens with one attached hydrogen (secondary N) is 2. The molecule has 0 aliphatic carbocycles. The summed E-state index contributed by atoms with van der Waals surface area (Å²) in [6.45, 7) is 1.76. The van der Waals surface area contributed by atoms with Crippen LogP contribution < -0.4 is 16.2 Å². The summed E-state index contributed by atoms with van der Waals surface area (Å²) in [7, 11) is 1.75. The number of aromatic nitrogens is 2. The largest absolute Gasteiger partial charge is 0.325 e. The van der Waals surface area contributed by atoms with Crippen molar-refractivity contribution in [2.24, 2.45) is 7.05 Å². The Labute approximate surface area is 193 Å². The predicted octanol–water partition coefficient (Wildman–Crippen LogP) is 4.10. The fourth-order valence-electron chi connectivity index (χ4n) is 2.95. The van der Waals surface area contributed by atoms with E-state index in [1.54, 1.807) is 36.9 Å². The predicted molar refractivity (Wildman–Crippen MR) is 127 cm³/mol. The number of hydrogen-bond acceptors (Lipinski definition) is 4. The molecule has 1 heterocycles. The molecule has 0 saturated carbocycles. The van der Waals surface area contributed by atoms with Gasteiger partial charge in [0.15, 0.2) is 0 Å². The quantitative estimate of drug-likeness (QED) is 0.535. The van der Waals surface area contributed by atoms with E-state index in [1.165, 1.54) is 4.68 Å². The second kappa shape index (κ2) is 10.1. The molecule has 0 bridgehead atoms. The summed E-state index contributed by atoms with van der Waals surface area (Å²) in [5.41, 5.74) is 1.71. The van der Waals surface area contributed by atoms with Gasteiger partial charge in [-0.15, -0.1) is 11.8 Å². The molecule has 31 heavy (non-hydrogen) atoms. The Morgan fingerprint density at radius 2 is 1.55 bits per heavy atom. The molecule has 0 spiro atoms. The summed E-state index contributed by atoms with van der Waals surface area (Å²) in [6, 6.07) is 13.9. The van der Waals surface area contributed by atoms with Crippen molar-refractivity contribution in [1.82, 2.24) is 9.36 Å². The lowest BCUT2D eigenvalue weighted by atomic mass is 10.3. The van der Waals surface area contributed by atoms with Crippen LogP contribution in [0.3, 0.4) is 0 Å².